The maximum Gasteiger partial charge on any atom is 0.183 e. The Kier molecular flexibility index (Phi) is 6.34. The molecule has 0 atom stereocenters. The van der Waals surface area contributed by atoms with Crippen LogP contribution in [0.25, 0.3) is 0 Å². The number of hydrogen-bond acceptors (Lipinski definition) is 4. The second-order valence-electron chi connectivity index (χ2n) is 6.27. The third-order valence-electron chi connectivity index (χ3n) is 3.79. The number of nitrogen functional groups attached to an aromatic ring is 1. The minimum absolute atomic E-state index is 0.214. The number of rotatable bonds is 7. The quantitative estimate of drug-likeness (QED) is 0.784. The lowest BCUT2D eigenvalue weighted by atomic mass is 10.0. The van der Waals surface area contributed by atoms with Gasteiger partial charge in [-0.3, -0.25) is 4.90 Å². The summed E-state index contributed by atoms with van der Waals surface area (Å²) < 4.78 is 10.6. The Balaban J connectivity index is 2.70. The van der Waals surface area contributed by atoms with Gasteiger partial charge in [0, 0.05) is 5.54 Å². The van der Waals surface area contributed by atoms with Gasteiger partial charge in [-0.25, -0.2) is 0 Å². The van der Waals surface area contributed by atoms with Crippen LogP contribution in [0.3, 0.4) is 0 Å². The highest BCUT2D eigenvalue weighted by Gasteiger charge is 2.18. The topological polar surface area (TPSA) is 47.7 Å². The first-order valence-corrected chi connectivity index (χ1v) is 7.58. The molecule has 0 unspecified atom stereocenters. The number of methoxy groups -OCH3 is 2. The Morgan fingerprint density at radius 2 is 1.81 bits per heavy atom. The van der Waals surface area contributed by atoms with Gasteiger partial charge >= 0.3 is 0 Å². The molecular weight excluding hydrogens is 264 g/mol. The van der Waals surface area contributed by atoms with Crippen LogP contribution < -0.4 is 15.2 Å². The Morgan fingerprint density at radius 3 is 2.29 bits per heavy atom. The molecule has 0 bridgehead atoms. The zero-order chi connectivity index (χ0) is 16.0. The maximum absolute atomic E-state index is 6.02. The molecule has 0 aromatic heterocycles. The van der Waals surface area contributed by atoms with Crippen LogP contribution in [-0.4, -0.2) is 37.7 Å². The fraction of sp³-hybridized carbons (Fsp3) is 0.647. The molecule has 0 amide bonds. The van der Waals surface area contributed by atoms with E-state index in [1.165, 1.54) is 5.56 Å². The highest BCUT2D eigenvalue weighted by Crippen LogP contribution is 2.34. The number of ether oxygens (including phenoxy) is 2. The first kappa shape index (κ1) is 17.6. The maximum atomic E-state index is 6.02. The average Bonchev–Trinajstić information content (AvgIpc) is 2.41. The summed E-state index contributed by atoms with van der Waals surface area (Å²) in [5.41, 5.74) is 8.06. The summed E-state index contributed by atoms with van der Waals surface area (Å²) in [4.78, 5) is 2.48. The molecule has 0 saturated carbocycles. The van der Waals surface area contributed by atoms with Crippen molar-refractivity contribution < 1.29 is 9.47 Å². The van der Waals surface area contributed by atoms with Crippen LogP contribution in [0.2, 0.25) is 0 Å². The standard InChI is InChI=1S/C17H30N2O2/c1-7-19(17(2,3)4)10-8-9-13-11-14(18)16(21-6)15(12-13)20-5/h11-12H,7-10,18H2,1-6H3. The Labute approximate surface area is 129 Å². The van der Waals surface area contributed by atoms with Crippen LogP contribution in [0.5, 0.6) is 11.5 Å². The smallest absolute Gasteiger partial charge is 0.183 e. The number of nitrogens with two attached hydrogens (primary N) is 1. The molecule has 120 valence electrons. The summed E-state index contributed by atoms with van der Waals surface area (Å²) in [6.45, 7) is 11.1. The zero-order valence-corrected chi connectivity index (χ0v) is 14.3. The van der Waals surface area contributed by atoms with Crippen molar-refractivity contribution in [3.63, 3.8) is 0 Å². The van der Waals surface area contributed by atoms with Gasteiger partial charge in [-0.15, -0.1) is 0 Å². The van der Waals surface area contributed by atoms with Crippen LogP contribution in [-0.2, 0) is 6.42 Å². The van der Waals surface area contributed by atoms with E-state index in [4.69, 9.17) is 15.2 Å². The van der Waals surface area contributed by atoms with Gasteiger partial charge in [-0.05, 0) is 64.4 Å². The van der Waals surface area contributed by atoms with Crippen molar-refractivity contribution in [2.24, 2.45) is 0 Å². The minimum atomic E-state index is 0.214. The highest BCUT2D eigenvalue weighted by molar-refractivity contribution is 5.62. The lowest BCUT2D eigenvalue weighted by Crippen LogP contribution is -2.41. The first-order valence-electron chi connectivity index (χ1n) is 7.58. The molecule has 0 aliphatic heterocycles. The monoisotopic (exact) mass is 294 g/mol. The van der Waals surface area contributed by atoms with Crippen molar-refractivity contribution in [1.29, 1.82) is 0 Å². The molecule has 1 rings (SSSR count). The van der Waals surface area contributed by atoms with Gasteiger partial charge in [-0.2, -0.15) is 0 Å². The van der Waals surface area contributed by atoms with Crippen molar-refractivity contribution in [1.82, 2.24) is 4.90 Å². The normalized spacial score (nSPS) is 11.8. The van der Waals surface area contributed by atoms with Gasteiger partial charge in [0.2, 0.25) is 0 Å². The van der Waals surface area contributed by atoms with Gasteiger partial charge in [0.25, 0.3) is 0 Å². The first-order chi connectivity index (χ1) is 9.83. The second-order valence-corrected chi connectivity index (χ2v) is 6.27. The van der Waals surface area contributed by atoms with Gasteiger partial charge in [0.15, 0.2) is 11.5 Å². The molecule has 1 aromatic carbocycles. The van der Waals surface area contributed by atoms with E-state index in [9.17, 15) is 0 Å². The van der Waals surface area contributed by atoms with E-state index < -0.39 is 0 Å². The summed E-state index contributed by atoms with van der Waals surface area (Å²) in [5, 5.41) is 0. The molecular formula is C17H30N2O2. The predicted molar refractivity (Wildman–Crippen MR) is 89.3 cm³/mol. The van der Waals surface area contributed by atoms with Crippen LogP contribution in [0.4, 0.5) is 5.69 Å². The van der Waals surface area contributed by atoms with Gasteiger partial charge < -0.3 is 15.2 Å². The lowest BCUT2D eigenvalue weighted by Gasteiger charge is -2.34. The molecule has 0 fully saturated rings. The van der Waals surface area contributed by atoms with Crippen molar-refractivity contribution in [3.05, 3.63) is 17.7 Å². The molecule has 21 heavy (non-hydrogen) atoms. The summed E-state index contributed by atoms with van der Waals surface area (Å²) >= 11 is 0. The Morgan fingerprint density at radius 1 is 1.14 bits per heavy atom. The summed E-state index contributed by atoms with van der Waals surface area (Å²) in [6, 6.07) is 4.00. The molecule has 0 aliphatic carbocycles. The van der Waals surface area contributed by atoms with Crippen LogP contribution >= 0.6 is 0 Å². The highest BCUT2D eigenvalue weighted by atomic mass is 16.5. The molecule has 0 aliphatic rings. The van der Waals surface area contributed by atoms with Crippen molar-refractivity contribution in [2.75, 3.05) is 33.0 Å². The van der Waals surface area contributed by atoms with Gasteiger partial charge in [0.05, 0.1) is 19.9 Å². The van der Waals surface area contributed by atoms with E-state index in [0.717, 1.165) is 25.9 Å². The third-order valence-corrected chi connectivity index (χ3v) is 3.79. The zero-order valence-electron chi connectivity index (χ0n) is 14.3. The number of aryl methyl sites for hydroxylation is 1. The summed E-state index contributed by atoms with van der Waals surface area (Å²) in [7, 11) is 3.25. The molecule has 0 saturated heterocycles. The molecule has 0 heterocycles. The van der Waals surface area contributed by atoms with E-state index >= 15 is 0 Å². The third kappa shape index (κ3) is 4.81. The van der Waals surface area contributed by atoms with Crippen molar-refractivity contribution in [2.45, 2.75) is 46.1 Å². The van der Waals surface area contributed by atoms with E-state index in [2.05, 4.69) is 32.6 Å². The van der Waals surface area contributed by atoms with Crippen molar-refractivity contribution >= 4 is 5.69 Å². The van der Waals surface area contributed by atoms with Crippen LogP contribution in [0.15, 0.2) is 12.1 Å². The van der Waals surface area contributed by atoms with E-state index in [0.29, 0.717) is 17.2 Å². The predicted octanol–water partition coefficient (Wildman–Crippen LogP) is 3.34. The number of anilines is 1. The lowest BCUT2D eigenvalue weighted by molar-refractivity contribution is 0.143. The Bertz CT molecular complexity index is 453. The fourth-order valence-corrected chi connectivity index (χ4v) is 2.64. The van der Waals surface area contributed by atoms with E-state index in [-0.39, 0.29) is 5.54 Å². The molecule has 4 heteroatoms. The molecule has 0 radical (unpaired) electrons. The van der Waals surface area contributed by atoms with Crippen LogP contribution in [0, 0.1) is 0 Å². The molecule has 0 spiro atoms. The fourth-order valence-electron chi connectivity index (χ4n) is 2.64. The number of benzene rings is 1. The largest absolute Gasteiger partial charge is 0.493 e. The number of hydrogen-bond donors (Lipinski definition) is 1. The summed E-state index contributed by atoms with van der Waals surface area (Å²) in [5.74, 6) is 1.32. The number of nitrogens with zero attached hydrogens (tertiary/aromatic N) is 1. The minimum Gasteiger partial charge on any atom is -0.493 e. The van der Waals surface area contributed by atoms with E-state index in [1.54, 1.807) is 14.2 Å². The van der Waals surface area contributed by atoms with Crippen LogP contribution in [0.1, 0.15) is 39.7 Å². The molecule has 2 N–H and O–H groups in total. The summed E-state index contributed by atoms with van der Waals surface area (Å²) in [6.07, 6.45) is 2.08. The van der Waals surface area contributed by atoms with Gasteiger partial charge in [0.1, 0.15) is 0 Å². The van der Waals surface area contributed by atoms with Crippen molar-refractivity contribution in [3.8, 4) is 11.5 Å². The van der Waals surface area contributed by atoms with Gasteiger partial charge in [-0.1, -0.05) is 6.92 Å². The second kappa shape index (κ2) is 7.55. The molecule has 4 nitrogen and oxygen atoms in total. The SMILES string of the molecule is CCN(CCCc1cc(N)c(OC)c(OC)c1)C(C)(C)C. The van der Waals surface area contributed by atoms with E-state index in [1.807, 2.05) is 12.1 Å². The average molecular weight is 294 g/mol. The molecule has 1 aromatic rings. The Hall–Kier alpha value is -1.42.